The molecule has 1 aliphatic carbocycles. The van der Waals surface area contributed by atoms with Crippen LogP contribution in [-0.2, 0) is 11.3 Å². The van der Waals surface area contributed by atoms with Crippen molar-refractivity contribution in [2.24, 2.45) is 16.5 Å². The predicted molar refractivity (Wildman–Crippen MR) is 121 cm³/mol. The van der Waals surface area contributed by atoms with Gasteiger partial charge in [-0.25, -0.2) is 14.4 Å². The molecule has 0 spiro atoms. The first kappa shape index (κ1) is 21.8. The average molecular weight is 439 g/mol. The fourth-order valence-corrected chi connectivity index (χ4v) is 3.83. The van der Waals surface area contributed by atoms with Crippen molar-refractivity contribution >= 4 is 39.8 Å². The Hall–Kier alpha value is -3.37. The molecule has 1 aromatic carbocycles. The number of ether oxygens (including phenoxy) is 1. The van der Waals surface area contributed by atoms with Gasteiger partial charge in [-0.1, -0.05) is 12.5 Å². The molecule has 0 radical (unpaired) electrons. The molecule has 1 aliphatic rings. The number of nitrogens with two attached hydrogens (primary N) is 2. The number of methoxy groups -OCH3 is 1. The van der Waals surface area contributed by atoms with Crippen LogP contribution in [-0.4, -0.2) is 46.1 Å². The average Bonchev–Trinajstić information content (AvgIpc) is 3.19. The molecular formula is C22H26FN7O2. The van der Waals surface area contributed by atoms with Crippen molar-refractivity contribution < 1.29 is 13.9 Å². The standard InChI is InChI=1S/C22H26FN7O2/c1-32-10-9-30-19-8-4-7-17(14(19)12-26-30)27-21-13(20(25)31)11-15(23)22(29-21)28-18-6-3-2-5-16(18)24/h4,7-8,11-12,16H,2-3,5-6,9-10,24H2,1H3,(H2,25,31)(H,27,29)/t16-/m0/s1. The van der Waals surface area contributed by atoms with Gasteiger partial charge in [-0.2, -0.15) is 5.10 Å². The summed E-state index contributed by atoms with van der Waals surface area (Å²) >= 11 is 0. The highest BCUT2D eigenvalue weighted by atomic mass is 19.1. The third-order valence-corrected chi connectivity index (χ3v) is 5.55. The zero-order valence-electron chi connectivity index (χ0n) is 17.8. The number of hydrogen-bond acceptors (Lipinski definition) is 7. The van der Waals surface area contributed by atoms with E-state index in [0.29, 0.717) is 31.0 Å². The van der Waals surface area contributed by atoms with Crippen LogP contribution >= 0.6 is 0 Å². The molecule has 4 rings (SSSR count). The van der Waals surface area contributed by atoms with E-state index in [2.05, 4.69) is 20.4 Å². The summed E-state index contributed by atoms with van der Waals surface area (Å²) in [5.41, 5.74) is 13.8. The molecule has 168 valence electrons. The molecule has 1 fully saturated rings. The molecule has 0 unspecified atom stereocenters. The lowest BCUT2D eigenvalue weighted by Crippen LogP contribution is -2.33. The lowest BCUT2D eigenvalue weighted by atomic mass is 9.94. The van der Waals surface area contributed by atoms with Gasteiger partial charge in [0, 0.05) is 24.2 Å². The zero-order valence-corrected chi connectivity index (χ0v) is 17.8. The highest BCUT2D eigenvalue weighted by Crippen LogP contribution is 2.30. The number of aliphatic imine (C=N–C) groups is 1. The molecule has 32 heavy (non-hydrogen) atoms. The number of aromatic nitrogens is 3. The van der Waals surface area contributed by atoms with E-state index in [9.17, 15) is 9.18 Å². The Labute approximate surface area is 184 Å². The Kier molecular flexibility index (Phi) is 6.42. The van der Waals surface area contributed by atoms with Crippen molar-refractivity contribution in [2.45, 2.75) is 38.3 Å². The quantitative estimate of drug-likeness (QED) is 0.518. The van der Waals surface area contributed by atoms with Crippen molar-refractivity contribution in [1.82, 2.24) is 14.8 Å². The van der Waals surface area contributed by atoms with E-state index in [1.165, 1.54) is 0 Å². The molecule has 2 heterocycles. The Morgan fingerprint density at radius 1 is 1.41 bits per heavy atom. The number of carbonyl (C=O) groups excluding carboxylic acids is 1. The highest BCUT2D eigenvalue weighted by molar-refractivity contribution is 6.01. The minimum absolute atomic E-state index is 0.0665. The summed E-state index contributed by atoms with van der Waals surface area (Å²) in [5.74, 6) is -1.51. The van der Waals surface area contributed by atoms with Gasteiger partial charge in [-0.3, -0.25) is 9.48 Å². The number of rotatable bonds is 7. The van der Waals surface area contributed by atoms with E-state index in [4.69, 9.17) is 16.2 Å². The summed E-state index contributed by atoms with van der Waals surface area (Å²) in [7, 11) is 1.63. The summed E-state index contributed by atoms with van der Waals surface area (Å²) in [6, 6.07) is 6.45. The topological polar surface area (TPSA) is 133 Å². The molecule has 9 nitrogen and oxygen atoms in total. The van der Waals surface area contributed by atoms with Gasteiger partial charge in [-0.15, -0.1) is 0 Å². The van der Waals surface area contributed by atoms with Crippen molar-refractivity contribution in [3.63, 3.8) is 0 Å². The van der Waals surface area contributed by atoms with Crippen molar-refractivity contribution in [2.75, 3.05) is 19.0 Å². The van der Waals surface area contributed by atoms with E-state index in [1.54, 1.807) is 13.3 Å². The molecule has 1 saturated carbocycles. The van der Waals surface area contributed by atoms with Gasteiger partial charge in [0.15, 0.2) is 11.6 Å². The van der Waals surface area contributed by atoms with Crippen molar-refractivity contribution in [1.29, 1.82) is 0 Å². The molecule has 10 heteroatoms. The van der Waals surface area contributed by atoms with Crippen LogP contribution in [0.1, 0.15) is 36.0 Å². The number of anilines is 2. The maximum Gasteiger partial charge on any atom is 0.252 e. The van der Waals surface area contributed by atoms with Crippen LogP contribution in [0, 0.1) is 5.82 Å². The Morgan fingerprint density at radius 3 is 3.00 bits per heavy atom. The van der Waals surface area contributed by atoms with E-state index in [1.807, 2.05) is 22.9 Å². The van der Waals surface area contributed by atoms with Crippen LogP contribution in [0.4, 0.5) is 21.7 Å². The minimum Gasteiger partial charge on any atom is -0.383 e. The number of amides is 1. The van der Waals surface area contributed by atoms with Gasteiger partial charge < -0.3 is 21.5 Å². The molecule has 1 atom stereocenters. The van der Waals surface area contributed by atoms with E-state index >= 15 is 0 Å². The third-order valence-electron chi connectivity index (χ3n) is 5.55. The van der Waals surface area contributed by atoms with Crippen LogP contribution in [0.25, 0.3) is 10.9 Å². The second kappa shape index (κ2) is 9.41. The number of nitrogens with zero attached hydrogens (tertiary/aromatic N) is 4. The van der Waals surface area contributed by atoms with E-state index in [0.717, 1.165) is 36.2 Å². The van der Waals surface area contributed by atoms with Crippen LogP contribution < -0.4 is 16.8 Å². The van der Waals surface area contributed by atoms with Gasteiger partial charge in [0.2, 0.25) is 0 Å². The molecule has 1 amide bonds. The maximum absolute atomic E-state index is 14.7. The normalized spacial score (nSPS) is 17.7. The first-order valence-corrected chi connectivity index (χ1v) is 10.5. The molecule has 0 saturated heterocycles. The second-order valence-electron chi connectivity index (χ2n) is 7.73. The summed E-state index contributed by atoms with van der Waals surface area (Å²) in [4.78, 5) is 20.7. The summed E-state index contributed by atoms with van der Waals surface area (Å²) in [5, 5.41) is 8.33. The van der Waals surface area contributed by atoms with Crippen molar-refractivity contribution in [3.05, 3.63) is 41.8 Å². The van der Waals surface area contributed by atoms with Crippen LogP contribution in [0.15, 0.2) is 35.5 Å². The molecule has 0 bridgehead atoms. The SMILES string of the molecule is COCCn1ncc2c(Nc3nc(N=C4CCCC[C@@H]4N)c(F)cc3C(N)=O)cccc21. The number of halogens is 1. The zero-order chi connectivity index (χ0) is 22.7. The molecule has 0 aliphatic heterocycles. The fourth-order valence-electron chi connectivity index (χ4n) is 3.83. The predicted octanol–water partition coefficient (Wildman–Crippen LogP) is 3.03. The van der Waals surface area contributed by atoms with Crippen LogP contribution in [0.2, 0.25) is 0 Å². The molecular weight excluding hydrogens is 413 g/mol. The second-order valence-corrected chi connectivity index (χ2v) is 7.73. The number of nitrogens with one attached hydrogen (secondary N) is 1. The lowest BCUT2D eigenvalue weighted by molar-refractivity contribution is 0.100. The number of carbonyl (C=O) groups is 1. The number of pyridine rings is 1. The van der Waals surface area contributed by atoms with Gasteiger partial charge in [0.25, 0.3) is 5.91 Å². The monoisotopic (exact) mass is 439 g/mol. The number of benzene rings is 1. The largest absolute Gasteiger partial charge is 0.383 e. The van der Waals surface area contributed by atoms with E-state index < -0.39 is 11.7 Å². The first-order valence-electron chi connectivity index (χ1n) is 10.5. The summed E-state index contributed by atoms with van der Waals surface area (Å²) in [6.45, 7) is 1.11. The summed E-state index contributed by atoms with van der Waals surface area (Å²) in [6.07, 6.45) is 5.19. The number of hydrogen-bond donors (Lipinski definition) is 3. The van der Waals surface area contributed by atoms with Crippen molar-refractivity contribution in [3.8, 4) is 0 Å². The van der Waals surface area contributed by atoms with Crippen LogP contribution in [0.5, 0.6) is 0 Å². The maximum atomic E-state index is 14.7. The van der Waals surface area contributed by atoms with Gasteiger partial charge in [0.05, 0.1) is 36.1 Å². The van der Waals surface area contributed by atoms with E-state index in [-0.39, 0.29) is 23.2 Å². The number of primary amides is 1. The summed E-state index contributed by atoms with van der Waals surface area (Å²) < 4.78 is 21.7. The fraction of sp³-hybridized carbons (Fsp3) is 0.364. The first-order chi connectivity index (χ1) is 15.5. The molecule has 5 N–H and O–H groups in total. The van der Waals surface area contributed by atoms with Gasteiger partial charge in [0.1, 0.15) is 5.82 Å². The highest BCUT2D eigenvalue weighted by Gasteiger charge is 2.20. The molecule has 2 aromatic heterocycles. The third kappa shape index (κ3) is 4.46. The smallest absolute Gasteiger partial charge is 0.252 e. The Balaban J connectivity index is 1.74. The Morgan fingerprint density at radius 2 is 2.25 bits per heavy atom. The minimum atomic E-state index is -0.796. The van der Waals surface area contributed by atoms with Gasteiger partial charge >= 0.3 is 0 Å². The van der Waals surface area contributed by atoms with Crippen LogP contribution in [0.3, 0.4) is 0 Å². The Bertz CT molecular complexity index is 1170. The lowest BCUT2D eigenvalue weighted by Gasteiger charge is -2.20. The molecule has 3 aromatic rings. The van der Waals surface area contributed by atoms with Gasteiger partial charge in [-0.05, 0) is 37.5 Å². The number of fused-ring (bicyclic) bond motifs is 1.